The zero-order chi connectivity index (χ0) is 10.6. The number of nitriles is 1. The van der Waals surface area contributed by atoms with Crippen molar-refractivity contribution in [2.45, 2.75) is 12.8 Å². The summed E-state index contributed by atoms with van der Waals surface area (Å²) in [6, 6.07) is 10.3. The van der Waals surface area contributed by atoms with Gasteiger partial charge in [-0.05, 0) is 17.2 Å². The van der Waals surface area contributed by atoms with E-state index in [1.807, 2.05) is 12.1 Å². The average molecular weight is 398 g/mol. The molecule has 74 valence electrons. The van der Waals surface area contributed by atoms with Crippen molar-refractivity contribution in [3.63, 3.8) is 0 Å². The molecule has 0 heterocycles. The quantitative estimate of drug-likeness (QED) is 0.566. The number of hydrogen-bond acceptors (Lipinski definition) is 1. The summed E-state index contributed by atoms with van der Waals surface area (Å²) in [4.78, 5) is 0. The fraction of sp³-hybridized carbons (Fsp3) is 0.222. The summed E-state index contributed by atoms with van der Waals surface area (Å²) in [5.41, 5.74) is 1.23. The van der Waals surface area contributed by atoms with Gasteiger partial charge < -0.3 is 0 Å². The molecule has 0 aliphatic heterocycles. The highest BCUT2D eigenvalue weighted by Gasteiger charge is 2.27. The summed E-state index contributed by atoms with van der Waals surface area (Å²) >= 11 is 10.9. The van der Waals surface area contributed by atoms with Gasteiger partial charge in [-0.25, -0.2) is 0 Å². The van der Waals surface area contributed by atoms with E-state index >= 15 is 0 Å². The third kappa shape index (κ3) is 3.50. The van der Waals surface area contributed by atoms with Crippen molar-refractivity contribution >= 4 is 55.0 Å². The van der Waals surface area contributed by atoms with Crippen LogP contribution in [-0.4, -0.2) is 3.93 Å². The number of hydrogen-bond donors (Lipinski definition) is 0. The molecule has 1 aromatic carbocycles. The Balaban J connectivity index is 2.99. The van der Waals surface area contributed by atoms with Crippen LogP contribution in [-0.2, 0) is 6.42 Å². The Morgan fingerprint density at radius 2 is 1.86 bits per heavy atom. The summed E-state index contributed by atoms with van der Waals surface area (Å²) in [6.45, 7) is 0. The first-order valence-corrected chi connectivity index (χ1v) is 12.8. The number of halogens is 3. The molecule has 0 radical (unpaired) electrons. The summed E-state index contributed by atoms with van der Waals surface area (Å²) in [6.07, 6.45) is 1.37. The van der Waals surface area contributed by atoms with Crippen molar-refractivity contribution < 1.29 is 0 Å². The van der Waals surface area contributed by atoms with E-state index in [4.69, 9.17) is 5.26 Å². The first kappa shape index (κ1) is 12.4. The van der Waals surface area contributed by atoms with Gasteiger partial charge in [0.05, 0.1) is 6.07 Å². The van der Waals surface area contributed by atoms with Crippen LogP contribution in [0.4, 0.5) is 0 Å². The molecule has 1 nitrogen and oxygen atoms in total. The van der Waals surface area contributed by atoms with Crippen molar-refractivity contribution in [1.82, 2.24) is 0 Å². The molecular formula is C9H8Br3NSi. The maximum absolute atomic E-state index is 8.55. The maximum Gasteiger partial charge on any atom is 0.297 e. The minimum Gasteiger partial charge on any atom is -0.198 e. The molecule has 0 spiro atoms. The van der Waals surface area contributed by atoms with Gasteiger partial charge in [-0.2, -0.15) is 5.26 Å². The number of nitrogens with zero attached hydrogens (tertiary/aromatic N) is 1. The molecule has 0 aromatic heterocycles. The summed E-state index contributed by atoms with van der Waals surface area (Å²) in [5.74, 6) is 0. The molecule has 5 heteroatoms. The fourth-order valence-electron chi connectivity index (χ4n) is 1.21. The molecule has 0 atom stereocenters. The topological polar surface area (TPSA) is 23.8 Å². The second kappa shape index (κ2) is 5.45. The van der Waals surface area contributed by atoms with Crippen LogP contribution < -0.4 is 5.19 Å². The smallest absolute Gasteiger partial charge is 0.198 e. The third-order valence-corrected chi connectivity index (χ3v) is 6.77. The minimum absolute atomic E-state index is 0.564. The first-order valence-electron chi connectivity index (χ1n) is 4.08. The monoisotopic (exact) mass is 395 g/mol. The van der Waals surface area contributed by atoms with Gasteiger partial charge in [0.1, 0.15) is 0 Å². The Labute approximate surface area is 108 Å². The van der Waals surface area contributed by atoms with E-state index in [0.29, 0.717) is 6.42 Å². The SMILES string of the molecule is N#CCCc1ccccc1[Si](Br)(Br)Br. The highest BCUT2D eigenvalue weighted by Crippen LogP contribution is 2.28. The lowest BCUT2D eigenvalue weighted by Gasteiger charge is -2.14. The second-order valence-corrected chi connectivity index (χ2v) is 24.6. The lowest BCUT2D eigenvalue weighted by atomic mass is 10.1. The van der Waals surface area contributed by atoms with Gasteiger partial charge >= 0.3 is 0 Å². The molecule has 0 aliphatic rings. The fourth-order valence-corrected chi connectivity index (χ4v) is 5.54. The average Bonchev–Trinajstić information content (AvgIpc) is 2.14. The van der Waals surface area contributed by atoms with Gasteiger partial charge in [0.2, 0.25) is 0 Å². The zero-order valence-corrected chi connectivity index (χ0v) is 13.1. The molecular weight excluding hydrogens is 390 g/mol. The van der Waals surface area contributed by atoms with Crippen molar-refractivity contribution in [2.24, 2.45) is 0 Å². The van der Waals surface area contributed by atoms with Crippen molar-refractivity contribution in [3.8, 4) is 6.07 Å². The van der Waals surface area contributed by atoms with Crippen LogP contribution in [0.1, 0.15) is 12.0 Å². The molecule has 0 N–H and O–H groups in total. The van der Waals surface area contributed by atoms with Crippen LogP contribution in [0.2, 0.25) is 0 Å². The second-order valence-electron chi connectivity index (χ2n) is 2.81. The summed E-state index contributed by atoms with van der Waals surface area (Å²) in [5, 5.41) is 9.79. The van der Waals surface area contributed by atoms with Gasteiger partial charge in [0.25, 0.3) is 3.93 Å². The van der Waals surface area contributed by atoms with Gasteiger partial charge in [-0.3, -0.25) is 0 Å². The summed E-state index contributed by atoms with van der Waals surface area (Å²) < 4.78 is -1.80. The van der Waals surface area contributed by atoms with E-state index in [2.05, 4.69) is 64.1 Å². The van der Waals surface area contributed by atoms with Crippen LogP contribution in [0, 0.1) is 11.3 Å². The highest BCUT2D eigenvalue weighted by atomic mass is 80.0. The molecule has 0 amide bonds. The zero-order valence-electron chi connectivity index (χ0n) is 7.30. The number of rotatable bonds is 3. The van der Waals surface area contributed by atoms with Crippen LogP contribution in [0.15, 0.2) is 24.3 Å². The van der Waals surface area contributed by atoms with E-state index < -0.39 is 3.93 Å². The van der Waals surface area contributed by atoms with Gasteiger partial charge in [-0.1, -0.05) is 70.1 Å². The molecule has 0 saturated heterocycles. The van der Waals surface area contributed by atoms with Gasteiger partial charge in [-0.15, -0.1) is 0 Å². The van der Waals surface area contributed by atoms with E-state index in [1.165, 1.54) is 10.8 Å². The predicted molar refractivity (Wildman–Crippen MR) is 72.5 cm³/mol. The van der Waals surface area contributed by atoms with Crippen LogP contribution in [0.5, 0.6) is 0 Å². The molecule has 14 heavy (non-hydrogen) atoms. The lowest BCUT2D eigenvalue weighted by molar-refractivity contribution is 1.02. The number of benzene rings is 1. The third-order valence-electron chi connectivity index (χ3n) is 1.83. The normalized spacial score (nSPS) is 11.0. The van der Waals surface area contributed by atoms with Crippen LogP contribution in [0.25, 0.3) is 0 Å². The van der Waals surface area contributed by atoms with E-state index in [-0.39, 0.29) is 0 Å². The largest absolute Gasteiger partial charge is 0.297 e. The Morgan fingerprint density at radius 3 is 2.43 bits per heavy atom. The van der Waals surface area contributed by atoms with Crippen molar-refractivity contribution in [3.05, 3.63) is 29.8 Å². The maximum atomic E-state index is 8.55. The Kier molecular flexibility index (Phi) is 4.84. The lowest BCUT2D eigenvalue weighted by Crippen LogP contribution is -2.31. The van der Waals surface area contributed by atoms with E-state index in [0.717, 1.165) is 6.42 Å². The van der Waals surface area contributed by atoms with Gasteiger partial charge in [0.15, 0.2) is 0 Å². The first-order chi connectivity index (χ1) is 6.55. The van der Waals surface area contributed by atoms with Crippen molar-refractivity contribution in [2.75, 3.05) is 0 Å². The highest BCUT2D eigenvalue weighted by molar-refractivity contribution is 9.72. The van der Waals surface area contributed by atoms with E-state index in [1.54, 1.807) is 0 Å². The Hall–Kier alpha value is 0.367. The molecule has 1 aromatic rings. The molecule has 0 bridgehead atoms. The predicted octanol–water partition coefficient (Wildman–Crippen LogP) is 3.47. The van der Waals surface area contributed by atoms with E-state index in [9.17, 15) is 0 Å². The molecule has 0 aliphatic carbocycles. The molecule has 0 saturated carbocycles. The van der Waals surface area contributed by atoms with Crippen LogP contribution >= 0.6 is 45.9 Å². The van der Waals surface area contributed by atoms with Gasteiger partial charge in [0, 0.05) is 6.42 Å². The molecule has 0 unspecified atom stereocenters. The summed E-state index contributed by atoms with van der Waals surface area (Å²) in [7, 11) is 0. The minimum atomic E-state index is -1.80. The Bertz CT molecular complexity index is 354. The number of aryl methyl sites for hydroxylation is 1. The molecule has 0 fully saturated rings. The standard InChI is InChI=1S/C9H8Br3NSi/c10-14(11,12)9-6-2-1-4-8(9)5-3-7-13/h1-2,4,6H,3,5H2. The Morgan fingerprint density at radius 1 is 1.21 bits per heavy atom. The molecule has 1 rings (SSSR count). The van der Waals surface area contributed by atoms with Crippen molar-refractivity contribution in [1.29, 1.82) is 5.26 Å². The van der Waals surface area contributed by atoms with Crippen LogP contribution in [0.3, 0.4) is 0 Å².